The third-order valence-corrected chi connectivity index (χ3v) is 7.65. The Morgan fingerprint density at radius 2 is 1.94 bits per heavy atom. The van der Waals surface area contributed by atoms with Gasteiger partial charge in [0.1, 0.15) is 23.2 Å². The van der Waals surface area contributed by atoms with Gasteiger partial charge in [-0.05, 0) is 50.5 Å². The van der Waals surface area contributed by atoms with Crippen LogP contribution in [0.25, 0.3) is 0 Å². The van der Waals surface area contributed by atoms with Gasteiger partial charge in [-0.25, -0.2) is 18.4 Å². The minimum absolute atomic E-state index is 0.0156. The summed E-state index contributed by atoms with van der Waals surface area (Å²) >= 11 is 0. The number of nitriles is 1. The van der Waals surface area contributed by atoms with Gasteiger partial charge in [-0.15, -0.1) is 0 Å². The van der Waals surface area contributed by atoms with Gasteiger partial charge in [0.05, 0.1) is 10.5 Å². The molecule has 35 heavy (non-hydrogen) atoms. The molecule has 1 atom stereocenters. The van der Waals surface area contributed by atoms with Crippen LogP contribution in [0.15, 0.2) is 64.6 Å². The second-order valence-corrected chi connectivity index (χ2v) is 11.0. The van der Waals surface area contributed by atoms with E-state index in [1.165, 1.54) is 30.5 Å². The summed E-state index contributed by atoms with van der Waals surface area (Å²) in [5.41, 5.74) is 5.47. The maximum absolute atomic E-state index is 13.7. The molecule has 0 spiro atoms. The summed E-state index contributed by atoms with van der Waals surface area (Å²) in [7, 11) is -4.27. The number of pyridine rings is 2. The highest BCUT2D eigenvalue weighted by Gasteiger charge is 2.40. The molecule has 2 N–H and O–H groups in total. The number of amides is 1. The topological polar surface area (TPSA) is 139 Å². The predicted molar refractivity (Wildman–Crippen MR) is 129 cm³/mol. The Balaban J connectivity index is 1.79. The number of primary amides is 1. The van der Waals surface area contributed by atoms with Crippen LogP contribution >= 0.6 is 0 Å². The van der Waals surface area contributed by atoms with Crippen molar-refractivity contribution in [2.45, 2.75) is 42.7 Å². The molecule has 180 valence electrons. The average Bonchev–Trinajstić information content (AvgIpc) is 3.10. The number of aromatic nitrogens is 2. The van der Waals surface area contributed by atoms with Crippen LogP contribution in [0.1, 0.15) is 43.1 Å². The second-order valence-electron chi connectivity index (χ2n) is 9.13. The van der Waals surface area contributed by atoms with Crippen LogP contribution in [-0.2, 0) is 9.84 Å². The first-order valence-electron chi connectivity index (χ1n) is 11.0. The third kappa shape index (κ3) is 4.55. The summed E-state index contributed by atoms with van der Waals surface area (Å²) in [4.78, 5) is 22.7. The molecule has 4 rings (SSSR count). The van der Waals surface area contributed by atoms with E-state index >= 15 is 0 Å². The van der Waals surface area contributed by atoms with Gasteiger partial charge < -0.3 is 15.4 Å². The van der Waals surface area contributed by atoms with Gasteiger partial charge in [0.15, 0.2) is 5.03 Å². The number of benzene rings is 1. The number of carbonyl (C=O) groups excluding carboxylic acids is 1. The van der Waals surface area contributed by atoms with Crippen molar-refractivity contribution in [3.8, 4) is 17.7 Å². The molecule has 3 aromatic rings. The average molecular weight is 492 g/mol. The van der Waals surface area contributed by atoms with Crippen molar-refractivity contribution < 1.29 is 17.9 Å². The van der Waals surface area contributed by atoms with Crippen LogP contribution in [0.4, 0.5) is 5.82 Å². The first-order valence-corrected chi connectivity index (χ1v) is 12.5. The second kappa shape index (κ2) is 9.00. The fraction of sp³-hybridized carbons (Fsp3) is 0.280. The molecule has 0 radical (unpaired) electrons. The van der Waals surface area contributed by atoms with Crippen molar-refractivity contribution in [3.05, 3.63) is 65.9 Å². The number of anilines is 1. The lowest BCUT2D eigenvalue weighted by atomic mass is 9.97. The number of hydrogen-bond acceptors (Lipinski definition) is 8. The highest BCUT2D eigenvalue weighted by atomic mass is 32.2. The minimum atomic E-state index is -4.27. The number of para-hydroxylation sites is 1. The van der Waals surface area contributed by atoms with Gasteiger partial charge in [-0.1, -0.05) is 25.1 Å². The van der Waals surface area contributed by atoms with E-state index in [0.717, 1.165) is 6.42 Å². The van der Waals surface area contributed by atoms with Crippen molar-refractivity contribution in [1.82, 2.24) is 9.97 Å². The number of nitrogens with zero attached hydrogens (tertiary/aromatic N) is 4. The molecule has 1 aromatic carbocycles. The van der Waals surface area contributed by atoms with Gasteiger partial charge in [-0.2, -0.15) is 5.26 Å². The van der Waals surface area contributed by atoms with Crippen molar-refractivity contribution in [2.75, 3.05) is 11.4 Å². The van der Waals surface area contributed by atoms with Gasteiger partial charge >= 0.3 is 0 Å². The summed E-state index contributed by atoms with van der Waals surface area (Å²) in [5.74, 6) is -0.0927. The fourth-order valence-electron chi connectivity index (χ4n) is 4.53. The van der Waals surface area contributed by atoms with Crippen molar-refractivity contribution in [1.29, 1.82) is 5.26 Å². The molecule has 1 aliphatic rings. The van der Waals surface area contributed by atoms with Gasteiger partial charge in [-0.3, -0.25) is 4.79 Å². The summed E-state index contributed by atoms with van der Waals surface area (Å²) < 4.78 is 33.0. The maximum Gasteiger partial charge on any atom is 0.253 e. The molecule has 1 unspecified atom stereocenters. The van der Waals surface area contributed by atoms with Gasteiger partial charge in [0.25, 0.3) is 5.91 Å². The van der Waals surface area contributed by atoms with E-state index in [-0.39, 0.29) is 44.0 Å². The van der Waals surface area contributed by atoms with E-state index in [0.29, 0.717) is 12.5 Å². The predicted octanol–water partition coefficient (Wildman–Crippen LogP) is 3.70. The zero-order valence-corrected chi connectivity index (χ0v) is 20.4. The molecule has 1 amide bonds. The molecule has 3 heterocycles. The SMILES string of the molecule is CC1CN(c2nccc(S(=O)(=O)c3cccc(Oc4ccccc4C#N)n3)c2C(N)=O)C(C)(C)C1. The van der Waals surface area contributed by atoms with Crippen LogP contribution in [-0.4, -0.2) is 36.4 Å². The highest BCUT2D eigenvalue weighted by Crippen LogP contribution is 2.39. The molecule has 1 aliphatic heterocycles. The lowest BCUT2D eigenvalue weighted by molar-refractivity contribution is 0.0997. The lowest BCUT2D eigenvalue weighted by Gasteiger charge is -2.33. The number of rotatable bonds is 6. The van der Waals surface area contributed by atoms with Crippen LogP contribution in [0.2, 0.25) is 0 Å². The van der Waals surface area contributed by atoms with Crippen LogP contribution in [0.5, 0.6) is 11.6 Å². The molecule has 0 bridgehead atoms. The third-order valence-electron chi connectivity index (χ3n) is 5.95. The molecule has 9 nitrogen and oxygen atoms in total. The maximum atomic E-state index is 13.7. The fourth-order valence-corrected chi connectivity index (χ4v) is 5.92. The number of nitrogens with two attached hydrogens (primary N) is 1. The van der Waals surface area contributed by atoms with E-state index in [9.17, 15) is 18.5 Å². The molecule has 0 aliphatic carbocycles. The Morgan fingerprint density at radius 1 is 1.20 bits per heavy atom. The molecule has 0 saturated carbocycles. The largest absolute Gasteiger partial charge is 0.438 e. The normalized spacial score (nSPS) is 17.1. The summed E-state index contributed by atoms with van der Waals surface area (Å²) in [6.45, 7) is 6.74. The van der Waals surface area contributed by atoms with Gasteiger partial charge in [0.2, 0.25) is 15.7 Å². The van der Waals surface area contributed by atoms with E-state index < -0.39 is 15.7 Å². The molecule has 2 aromatic heterocycles. The van der Waals surface area contributed by atoms with E-state index in [1.54, 1.807) is 24.3 Å². The summed E-state index contributed by atoms with van der Waals surface area (Å²) in [6, 6.07) is 14.1. The summed E-state index contributed by atoms with van der Waals surface area (Å²) in [6.07, 6.45) is 2.21. The summed E-state index contributed by atoms with van der Waals surface area (Å²) in [5, 5.41) is 8.96. The van der Waals surface area contributed by atoms with Crippen molar-refractivity contribution in [2.24, 2.45) is 11.7 Å². The van der Waals surface area contributed by atoms with E-state index in [1.807, 2.05) is 24.8 Å². The first-order chi connectivity index (χ1) is 16.5. The Morgan fingerprint density at radius 3 is 2.60 bits per heavy atom. The molecule has 10 heteroatoms. The number of ether oxygens (including phenoxy) is 1. The van der Waals surface area contributed by atoms with Gasteiger partial charge in [0, 0.05) is 24.3 Å². The van der Waals surface area contributed by atoms with Crippen molar-refractivity contribution >= 4 is 21.6 Å². The lowest BCUT2D eigenvalue weighted by Crippen LogP contribution is -2.40. The smallest absolute Gasteiger partial charge is 0.253 e. The zero-order chi connectivity index (χ0) is 25.4. The first kappa shape index (κ1) is 24.2. The standard InChI is InChI=1S/C25H25N5O4S/c1-16-13-25(2,3)30(15-16)24-22(23(27)31)19(11-12-28-24)35(32,33)21-10-6-9-20(29-21)34-18-8-5-4-7-17(18)14-26/h4-12,16H,13,15H2,1-3H3,(H2,27,31). The zero-order valence-electron chi connectivity index (χ0n) is 19.6. The van der Waals surface area contributed by atoms with Crippen LogP contribution in [0.3, 0.4) is 0 Å². The highest BCUT2D eigenvalue weighted by molar-refractivity contribution is 7.91. The molecule has 1 fully saturated rings. The Bertz CT molecular complexity index is 1450. The van der Waals surface area contributed by atoms with Crippen LogP contribution < -0.4 is 15.4 Å². The Labute approximate surface area is 204 Å². The molecular weight excluding hydrogens is 466 g/mol. The number of carbonyl (C=O) groups is 1. The molecular formula is C25H25N5O4S. The van der Waals surface area contributed by atoms with Crippen LogP contribution in [0, 0.1) is 17.2 Å². The Hall–Kier alpha value is -3.97. The minimum Gasteiger partial charge on any atom is -0.438 e. The monoisotopic (exact) mass is 491 g/mol. The quantitative estimate of drug-likeness (QED) is 0.551. The van der Waals surface area contributed by atoms with E-state index in [2.05, 4.69) is 16.9 Å². The number of hydrogen-bond donors (Lipinski definition) is 1. The van der Waals surface area contributed by atoms with Crippen molar-refractivity contribution in [3.63, 3.8) is 0 Å². The Kier molecular flexibility index (Phi) is 6.21. The molecule has 1 saturated heterocycles. The van der Waals surface area contributed by atoms with E-state index in [4.69, 9.17) is 10.5 Å². The number of sulfone groups is 1.